The van der Waals surface area contributed by atoms with E-state index in [1.807, 2.05) is 35.9 Å². The van der Waals surface area contributed by atoms with Crippen LogP contribution in [0.3, 0.4) is 0 Å². The molecule has 1 aliphatic heterocycles. The lowest BCUT2D eigenvalue weighted by atomic mass is 9.86. The molecule has 3 aromatic carbocycles. The first-order valence-corrected chi connectivity index (χ1v) is 15.0. The van der Waals surface area contributed by atoms with E-state index in [0.29, 0.717) is 58.5 Å². The summed E-state index contributed by atoms with van der Waals surface area (Å²) in [7, 11) is 1.82. The van der Waals surface area contributed by atoms with Crippen LogP contribution in [0.15, 0.2) is 72.8 Å². The fourth-order valence-corrected chi connectivity index (χ4v) is 6.14. The molecule has 2 amide bonds. The van der Waals surface area contributed by atoms with E-state index in [1.54, 1.807) is 41.3 Å². The van der Waals surface area contributed by atoms with Crippen molar-refractivity contribution in [2.75, 3.05) is 26.3 Å². The fourth-order valence-electron chi connectivity index (χ4n) is 5.63. The Morgan fingerprint density at radius 3 is 2.39 bits per heavy atom. The van der Waals surface area contributed by atoms with E-state index in [9.17, 15) is 14.0 Å². The molecule has 1 aliphatic rings. The molecule has 11 heteroatoms. The van der Waals surface area contributed by atoms with Crippen molar-refractivity contribution in [3.63, 3.8) is 0 Å². The van der Waals surface area contributed by atoms with Gasteiger partial charge in [-0.1, -0.05) is 41.4 Å². The van der Waals surface area contributed by atoms with E-state index in [-0.39, 0.29) is 31.5 Å². The van der Waals surface area contributed by atoms with Gasteiger partial charge in [-0.2, -0.15) is 0 Å². The van der Waals surface area contributed by atoms with E-state index in [1.165, 1.54) is 12.1 Å². The predicted octanol–water partition coefficient (Wildman–Crippen LogP) is 5.43. The van der Waals surface area contributed by atoms with E-state index in [0.717, 1.165) is 16.8 Å². The number of amides is 2. The Morgan fingerprint density at radius 1 is 1.02 bits per heavy atom. The highest BCUT2D eigenvalue weighted by atomic mass is 35.5. The number of ether oxygens (including phenoxy) is 1. The number of likely N-dealkylation sites (tertiary alicyclic amines) is 1. The van der Waals surface area contributed by atoms with Crippen LogP contribution in [0.25, 0.3) is 22.4 Å². The van der Waals surface area contributed by atoms with Crippen LogP contribution in [0.5, 0.6) is 5.75 Å². The largest absolute Gasteiger partial charge is 0.491 e. The molecule has 1 aromatic heterocycles. The van der Waals surface area contributed by atoms with Crippen LogP contribution in [-0.4, -0.2) is 58.2 Å². The molecule has 0 atom stereocenters. The molecule has 4 N–H and O–H groups in total. The van der Waals surface area contributed by atoms with Gasteiger partial charge in [-0.05, 0) is 78.6 Å². The van der Waals surface area contributed by atoms with Crippen LogP contribution < -0.4 is 15.8 Å². The quantitative estimate of drug-likeness (QED) is 0.215. The summed E-state index contributed by atoms with van der Waals surface area (Å²) in [4.78, 5) is 28.3. The van der Waals surface area contributed by atoms with Gasteiger partial charge < -0.3 is 25.0 Å². The highest BCUT2D eigenvalue weighted by Gasteiger charge is 2.41. The second-order valence-corrected chi connectivity index (χ2v) is 11.6. The minimum atomic E-state index is -1.02. The lowest BCUT2D eigenvalue weighted by molar-refractivity contribution is -0.126. The average Bonchev–Trinajstić information content (AvgIpc) is 3.35. The van der Waals surface area contributed by atoms with Gasteiger partial charge in [0.15, 0.2) is 0 Å². The Labute approximate surface area is 265 Å². The lowest BCUT2D eigenvalue weighted by Gasteiger charge is -2.40. The normalized spacial score (nSPS) is 14.4. The Kier molecular flexibility index (Phi) is 9.60. The van der Waals surface area contributed by atoms with Gasteiger partial charge in [0.05, 0.1) is 12.3 Å². The molecule has 0 unspecified atom stereocenters. The van der Waals surface area contributed by atoms with Gasteiger partial charge in [-0.3, -0.25) is 14.9 Å². The van der Waals surface area contributed by atoms with Crippen molar-refractivity contribution < 1.29 is 23.8 Å². The van der Waals surface area contributed by atoms with Gasteiger partial charge in [0.1, 0.15) is 29.4 Å². The van der Waals surface area contributed by atoms with Gasteiger partial charge in [0.2, 0.25) is 5.91 Å². The molecule has 44 heavy (non-hydrogen) atoms. The Hall–Kier alpha value is -3.89. The number of nitrogens with two attached hydrogens (primary N) is 1. The Morgan fingerprint density at radius 2 is 1.75 bits per heavy atom. The summed E-state index contributed by atoms with van der Waals surface area (Å²) in [5.41, 5.74) is 9.03. The number of nitrogens with one attached hydrogen (secondary N) is 1. The number of aliphatic hydroxyl groups is 1. The monoisotopic (exact) mass is 638 g/mol. The zero-order chi connectivity index (χ0) is 31.4. The molecule has 0 spiro atoms. The molecule has 0 saturated carbocycles. The van der Waals surface area contributed by atoms with Crippen LogP contribution in [0.1, 0.15) is 28.9 Å². The van der Waals surface area contributed by atoms with Crippen LogP contribution in [0.4, 0.5) is 4.39 Å². The number of aromatic nitrogens is 1. The number of carbonyl (C=O) groups is 2. The summed E-state index contributed by atoms with van der Waals surface area (Å²) in [6.45, 7) is 0.953. The SMILES string of the molecule is Cn1c(C(=O)N2CCC(NCc3cccc(F)c3)(C(N)=O)CC2)cc(-c2ccc(Cl)cc2Cl)c1-c1ccc(OCCO)cc1. The molecule has 1 saturated heterocycles. The third kappa shape index (κ3) is 6.61. The molecular weight excluding hydrogens is 606 g/mol. The molecule has 2 heterocycles. The number of aliphatic hydroxyl groups excluding tert-OH is 1. The molecular formula is C33H33Cl2FN4O4. The first-order valence-electron chi connectivity index (χ1n) is 14.2. The van der Waals surface area contributed by atoms with Crippen molar-refractivity contribution in [2.45, 2.75) is 24.9 Å². The molecule has 0 radical (unpaired) electrons. The maximum absolute atomic E-state index is 14.0. The zero-order valence-electron chi connectivity index (χ0n) is 24.2. The first kappa shape index (κ1) is 31.5. The summed E-state index contributed by atoms with van der Waals surface area (Å²) in [6.07, 6.45) is 0.623. The minimum Gasteiger partial charge on any atom is -0.491 e. The second kappa shape index (κ2) is 13.4. The average molecular weight is 640 g/mol. The summed E-state index contributed by atoms with van der Waals surface area (Å²) in [5.74, 6) is -0.453. The smallest absolute Gasteiger partial charge is 0.270 e. The third-order valence-electron chi connectivity index (χ3n) is 8.06. The van der Waals surface area contributed by atoms with Crippen molar-refractivity contribution in [1.29, 1.82) is 0 Å². The number of primary amides is 1. The van der Waals surface area contributed by atoms with Crippen LogP contribution >= 0.6 is 23.2 Å². The predicted molar refractivity (Wildman–Crippen MR) is 169 cm³/mol. The zero-order valence-corrected chi connectivity index (χ0v) is 25.7. The molecule has 8 nitrogen and oxygen atoms in total. The van der Waals surface area contributed by atoms with E-state index in [4.69, 9.17) is 38.8 Å². The van der Waals surface area contributed by atoms with Crippen molar-refractivity contribution in [3.05, 3.63) is 99.9 Å². The summed E-state index contributed by atoms with van der Waals surface area (Å²) in [5, 5.41) is 13.3. The van der Waals surface area contributed by atoms with E-state index < -0.39 is 11.4 Å². The number of benzene rings is 3. The number of rotatable bonds is 10. The Bertz CT molecular complexity index is 1670. The molecule has 5 rings (SSSR count). The molecule has 0 aliphatic carbocycles. The summed E-state index contributed by atoms with van der Waals surface area (Å²) < 4.78 is 21.0. The van der Waals surface area contributed by atoms with Crippen molar-refractivity contribution in [3.8, 4) is 28.1 Å². The van der Waals surface area contributed by atoms with E-state index >= 15 is 0 Å². The van der Waals surface area contributed by atoms with Crippen molar-refractivity contribution in [1.82, 2.24) is 14.8 Å². The standard InChI is InChI=1S/C33H33Cl2FN4O4/c1-39-29(31(42)40-13-11-33(12-14-40,32(37)43)38-20-21-3-2-4-24(36)17-21)19-27(26-10-7-23(34)18-28(26)35)30(39)22-5-8-25(9-6-22)44-16-15-41/h2-10,17-19,38,41H,11-16,20H2,1H3,(H2,37,43). The van der Waals surface area contributed by atoms with Crippen LogP contribution in [0.2, 0.25) is 10.0 Å². The molecule has 230 valence electrons. The summed E-state index contributed by atoms with van der Waals surface area (Å²) >= 11 is 12.8. The number of hydrogen-bond donors (Lipinski definition) is 3. The van der Waals surface area contributed by atoms with Gasteiger partial charge in [0.25, 0.3) is 5.91 Å². The van der Waals surface area contributed by atoms with Crippen molar-refractivity contribution >= 4 is 35.0 Å². The highest BCUT2D eigenvalue weighted by Crippen LogP contribution is 2.40. The van der Waals surface area contributed by atoms with Gasteiger partial charge in [-0.25, -0.2) is 4.39 Å². The molecule has 0 bridgehead atoms. The number of hydrogen-bond acceptors (Lipinski definition) is 5. The minimum absolute atomic E-state index is 0.0929. The molecule has 4 aromatic rings. The van der Waals surface area contributed by atoms with Gasteiger partial charge in [-0.15, -0.1) is 0 Å². The van der Waals surface area contributed by atoms with Gasteiger partial charge >= 0.3 is 0 Å². The fraction of sp³-hybridized carbons (Fsp3) is 0.273. The van der Waals surface area contributed by atoms with E-state index in [2.05, 4.69) is 5.32 Å². The number of piperidine rings is 1. The highest BCUT2D eigenvalue weighted by molar-refractivity contribution is 6.36. The van der Waals surface area contributed by atoms with Crippen LogP contribution in [0, 0.1) is 5.82 Å². The van der Waals surface area contributed by atoms with Crippen molar-refractivity contribution in [2.24, 2.45) is 12.8 Å². The van der Waals surface area contributed by atoms with Gasteiger partial charge in [0, 0.05) is 47.9 Å². The maximum atomic E-state index is 14.0. The number of halogens is 3. The second-order valence-electron chi connectivity index (χ2n) is 10.8. The third-order valence-corrected chi connectivity index (χ3v) is 8.60. The number of carbonyl (C=O) groups excluding carboxylic acids is 2. The lowest BCUT2D eigenvalue weighted by Crippen LogP contribution is -2.61. The van der Waals surface area contributed by atoms with Crippen LogP contribution in [-0.2, 0) is 18.4 Å². The number of nitrogens with zero attached hydrogens (tertiary/aromatic N) is 2. The summed E-state index contributed by atoms with van der Waals surface area (Å²) in [6, 6.07) is 20.6. The Balaban J connectivity index is 1.42. The topological polar surface area (TPSA) is 110 Å². The first-order chi connectivity index (χ1) is 21.1. The molecule has 1 fully saturated rings. The maximum Gasteiger partial charge on any atom is 0.270 e.